The first-order valence-corrected chi connectivity index (χ1v) is 6.21. The predicted molar refractivity (Wildman–Crippen MR) is 66.6 cm³/mol. The molecule has 0 N–H and O–H groups in total. The molecule has 0 bridgehead atoms. The first-order chi connectivity index (χ1) is 6.91. The van der Waals surface area contributed by atoms with Gasteiger partial charge in [0, 0.05) is 0 Å². The highest BCUT2D eigenvalue weighted by atomic mass is 13.9. The molecule has 0 aliphatic heterocycles. The average molecular weight is 194 g/mol. The van der Waals surface area contributed by atoms with E-state index in [9.17, 15) is 0 Å². The van der Waals surface area contributed by atoms with Crippen LogP contribution in [0.4, 0.5) is 0 Å². The molecule has 14 heavy (non-hydrogen) atoms. The second kappa shape index (κ2) is 12.5. The molecule has 0 saturated carbocycles. The van der Waals surface area contributed by atoms with Crippen molar-refractivity contribution in [3.8, 4) is 0 Å². The third kappa shape index (κ3) is 11.5. The van der Waals surface area contributed by atoms with Crippen LogP contribution in [0.5, 0.6) is 0 Å². The van der Waals surface area contributed by atoms with Crippen LogP contribution in [0.1, 0.15) is 65.2 Å². The van der Waals surface area contributed by atoms with E-state index in [0.29, 0.717) is 0 Å². The zero-order chi connectivity index (χ0) is 10.5. The van der Waals surface area contributed by atoms with Crippen LogP contribution >= 0.6 is 0 Å². The second-order valence-corrected chi connectivity index (χ2v) is 3.82. The summed E-state index contributed by atoms with van der Waals surface area (Å²) >= 11 is 0. The molecule has 0 heteroatoms. The Hall–Kier alpha value is -0.520. The van der Waals surface area contributed by atoms with E-state index in [4.69, 9.17) is 0 Å². The van der Waals surface area contributed by atoms with Crippen molar-refractivity contribution in [2.24, 2.45) is 0 Å². The van der Waals surface area contributed by atoms with Crippen molar-refractivity contribution in [3.05, 3.63) is 24.3 Å². The zero-order valence-electron chi connectivity index (χ0n) is 9.97. The van der Waals surface area contributed by atoms with Crippen molar-refractivity contribution in [2.75, 3.05) is 0 Å². The third-order valence-corrected chi connectivity index (χ3v) is 2.30. The highest BCUT2D eigenvalue weighted by molar-refractivity contribution is 4.92. The van der Waals surface area contributed by atoms with Gasteiger partial charge in [0.15, 0.2) is 0 Å². The number of hydrogen-bond donors (Lipinski definition) is 0. The van der Waals surface area contributed by atoms with Crippen LogP contribution in [0.3, 0.4) is 0 Å². The van der Waals surface area contributed by atoms with Gasteiger partial charge in [-0.25, -0.2) is 0 Å². The predicted octanol–water partition coefficient (Wildman–Crippen LogP) is 5.26. The van der Waals surface area contributed by atoms with E-state index in [-0.39, 0.29) is 0 Å². The Kier molecular flexibility index (Phi) is 12.0. The van der Waals surface area contributed by atoms with Crippen molar-refractivity contribution in [2.45, 2.75) is 65.2 Å². The van der Waals surface area contributed by atoms with Gasteiger partial charge in [-0.3, -0.25) is 0 Å². The van der Waals surface area contributed by atoms with Crippen LogP contribution in [-0.4, -0.2) is 0 Å². The van der Waals surface area contributed by atoms with Gasteiger partial charge in [0.05, 0.1) is 0 Å². The molecule has 0 aromatic rings. The minimum atomic E-state index is 1.12. The first-order valence-electron chi connectivity index (χ1n) is 6.21. The fraction of sp³-hybridized carbons (Fsp3) is 0.714. The van der Waals surface area contributed by atoms with Gasteiger partial charge in [-0.1, -0.05) is 63.8 Å². The molecule has 0 rings (SSSR count). The second-order valence-electron chi connectivity index (χ2n) is 3.82. The van der Waals surface area contributed by atoms with Gasteiger partial charge in [0.25, 0.3) is 0 Å². The fourth-order valence-electron chi connectivity index (χ4n) is 1.34. The maximum Gasteiger partial charge on any atom is -0.0169 e. The minimum absolute atomic E-state index is 1.12. The topological polar surface area (TPSA) is 0 Å². The smallest absolute Gasteiger partial charge is 0.0169 e. The Morgan fingerprint density at radius 1 is 0.643 bits per heavy atom. The van der Waals surface area contributed by atoms with Crippen LogP contribution in [0.15, 0.2) is 24.3 Å². The number of hydrogen-bond acceptors (Lipinski definition) is 0. The van der Waals surface area contributed by atoms with Gasteiger partial charge in [-0.05, 0) is 25.7 Å². The first kappa shape index (κ1) is 13.5. The van der Waals surface area contributed by atoms with E-state index < -0.39 is 0 Å². The maximum absolute atomic E-state index is 2.32. The summed E-state index contributed by atoms with van der Waals surface area (Å²) < 4.78 is 0. The van der Waals surface area contributed by atoms with Gasteiger partial charge in [0.1, 0.15) is 0 Å². The highest BCUT2D eigenvalue weighted by Gasteiger charge is 1.81. The van der Waals surface area contributed by atoms with Crippen LogP contribution in [0.2, 0.25) is 0 Å². The van der Waals surface area contributed by atoms with Crippen LogP contribution < -0.4 is 0 Å². The monoisotopic (exact) mass is 194 g/mol. The molecule has 0 fully saturated rings. The third-order valence-electron chi connectivity index (χ3n) is 2.30. The van der Waals surface area contributed by atoms with Crippen molar-refractivity contribution in [3.63, 3.8) is 0 Å². The van der Waals surface area contributed by atoms with Crippen molar-refractivity contribution in [1.29, 1.82) is 0 Å². The molecule has 0 nitrogen and oxygen atoms in total. The van der Waals surface area contributed by atoms with E-state index >= 15 is 0 Å². The number of rotatable bonds is 9. The molecule has 0 saturated heterocycles. The van der Waals surface area contributed by atoms with Crippen LogP contribution in [0, 0.1) is 0 Å². The minimum Gasteiger partial charge on any atom is -0.0882 e. The lowest BCUT2D eigenvalue weighted by atomic mass is 10.2. The van der Waals surface area contributed by atoms with E-state index in [1.54, 1.807) is 0 Å². The summed E-state index contributed by atoms with van der Waals surface area (Å²) in [6.07, 6.45) is 19.5. The van der Waals surface area contributed by atoms with Crippen molar-refractivity contribution in [1.82, 2.24) is 0 Å². The SMILES string of the molecule is CCCC/C=C/C/C=C/CCCCC. The summed E-state index contributed by atoms with van der Waals surface area (Å²) in [5.41, 5.74) is 0. The van der Waals surface area contributed by atoms with Gasteiger partial charge in [-0.2, -0.15) is 0 Å². The number of allylic oxidation sites excluding steroid dienone is 4. The zero-order valence-corrected chi connectivity index (χ0v) is 9.97. The van der Waals surface area contributed by atoms with E-state index in [1.165, 1.54) is 44.9 Å². The Balaban J connectivity index is 3.13. The Bertz CT molecular complexity index is 142. The average Bonchev–Trinajstić information content (AvgIpc) is 2.21. The molecule has 0 unspecified atom stereocenters. The van der Waals surface area contributed by atoms with E-state index in [1.807, 2.05) is 0 Å². The molecule has 0 atom stereocenters. The molecule has 0 aromatic carbocycles. The van der Waals surface area contributed by atoms with Crippen LogP contribution in [-0.2, 0) is 0 Å². The van der Waals surface area contributed by atoms with Gasteiger partial charge in [-0.15, -0.1) is 0 Å². The van der Waals surface area contributed by atoms with Crippen molar-refractivity contribution >= 4 is 0 Å². The van der Waals surface area contributed by atoms with Gasteiger partial charge < -0.3 is 0 Å². The van der Waals surface area contributed by atoms with Crippen LogP contribution in [0.25, 0.3) is 0 Å². The summed E-state index contributed by atoms with van der Waals surface area (Å²) in [7, 11) is 0. The Morgan fingerprint density at radius 2 is 1.21 bits per heavy atom. The normalized spacial score (nSPS) is 11.9. The summed E-state index contributed by atoms with van der Waals surface area (Å²) in [5, 5.41) is 0. The molecule has 0 aromatic heterocycles. The lowest BCUT2D eigenvalue weighted by Crippen LogP contribution is -1.70. The molecule has 0 radical (unpaired) electrons. The summed E-state index contributed by atoms with van der Waals surface area (Å²) in [5.74, 6) is 0. The Morgan fingerprint density at radius 3 is 1.79 bits per heavy atom. The molecule has 0 heterocycles. The lowest BCUT2D eigenvalue weighted by Gasteiger charge is -1.91. The Labute approximate surface area is 90.1 Å². The van der Waals surface area contributed by atoms with Gasteiger partial charge in [0.2, 0.25) is 0 Å². The van der Waals surface area contributed by atoms with E-state index in [2.05, 4.69) is 38.2 Å². The van der Waals surface area contributed by atoms with Gasteiger partial charge >= 0.3 is 0 Å². The number of unbranched alkanes of at least 4 members (excludes halogenated alkanes) is 5. The summed E-state index contributed by atoms with van der Waals surface area (Å²) in [4.78, 5) is 0. The molecule has 0 amide bonds. The fourth-order valence-corrected chi connectivity index (χ4v) is 1.34. The molecule has 0 spiro atoms. The molecular formula is C14H26. The molecule has 82 valence electrons. The standard InChI is InChI=1S/C14H26/c1-3-5-7-9-11-13-14-12-10-8-6-4-2/h9,11-12,14H,3-8,10,13H2,1-2H3/b11-9+,14-12+. The largest absolute Gasteiger partial charge is 0.0882 e. The summed E-state index contributed by atoms with van der Waals surface area (Å²) in [6.45, 7) is 4.49. The summed E-state index contributed by atoms with van der Waals surface area (Å²) in [6, 6.07) is 0. The highest BCUT2D eigenvalue weighted by Crippen LogP contribution is 2.01. The lowest BCUT2D eigenvalue weighted by molar-refractivity contribution is 0.728. The van der Waals surface area contributed by atoms with E-state index in [0.717, 1.165) is 6.42 Å². The van der Waals surface area contributed by atoms with Crippen molar-refractivity contribution < 1.29 is 0 Å². The molecule has 0 aliphatic rings. The molecular weight excluding hydrogens is 168 g/mol. The molecule has 0 aliphatic carbocycles. The maximum atomic E-state index is 2.32. The quantitative estimate of drug-likeness (QED) is 0.347.